The van der Waals surface area contributed by atoms with Crippen LogP contribution in [0.1, 0.15) is 29.7 Å². The van der Waals surface area contributed by atoms with E-state index in [1.54, 1.807) is 14.2 Å². The van der Waals surface area contributed by atoms with Gasteiger partial charge in [-0.2, -0.15) is 0 Å². The molecule has 0 saturated carbocycles. The fourth-order valence-electron chi connectivity index (χ4n) is 2.28. The Balaban J connectivity index is 2.10. The molecule has 1 atom stereocenters. The summed E-state index contributed by atoms with van der Waals surface area (Å²) in [5.74, 6) is 0.871. The maximum Gasteiger partial charge on any atom is 0.118 e. The molecule has 2 heteroatoms. The zero-order valence-electron chi connectivity index (χ0n) is 12.4. The highest BCUT2D eigenvalue weighted by molar-refractivity contribution is 5.30. The molecule has 0 fully saturated rings. The van der Waals surface area contributed by atoms with Crippen molar-refractivity contribution in [2.75, 3.05) is 14.2 Å². The van der Waals surface area contributed by atoms with Gasteiger partial charge in [0.1, 0.15) is 5.75 Å². The largest absolute Gasteiger partial charge is 0.497 e. The number of hydrogen-bond acceptors (Lipinski definition) is 2. The SMILES string of the molecule is CCc1ccc(CC(OC)c2ccc(OC)cc2)cc1. The van der Waals surface area contributed by atoms with Gasteiger partial charge in [0.25, 0.3) is 0 Å². The van der Waals surface area contributed by atoms with E-state index in [1.807, 2.05) is 12.1 Å². The van der Waals surface area contributed by atoms with Crippen molar-refractivity contribution >= 4 is 0 Å². The summed E-state index contributed by atoms with van der Waals surface area (Å²) in [5, 5.41) is 0. The van der Waals surface area contributed by atoms with Gasteiger partial charge in [-0.25, -0.2) is 0 Å². The monoisotopic (exact) mass is 270 g/mol. The molecule has 2 aromatic carbocycles. The van der Waals surface area contributed by atoms with Crippen molar-refractivity contribution in [2.24, 2.45) is 0 Å². The Morgan fingerprint density at radius 2 is 1.45 bits per heavy atom. The second-order valence-corrected chi connectivity index (χ2v) is 4.87. The van der Waals surface area contributed by atoms with Crippen molar-refractivity contribution in [1.29, 1.82) is 0 Å². The summed E-state index contributed by atoms with van der Waals surface area (Å²) in [6.45, 7) is 2.17. The molecule has 1 unspecified atom stereocenters. The summed E-state index contributed by atoms with van der Waals surface area (Å²) in [6, 6.07) is 16.8. The van der Waals surface area contributed by atoms with Crippen molar-refractivity contribution in [3.63, 3.8) is 0 Å². The lowest BCUT2D eigenvalue weighted by atomic mass is 10.00. The second-order valence-electron chi connectivity index (χ2n) is 4.87. The van der Waals surface area contributed by atoms with Crippen molar-refractivity contribution in [3.05, 3.63) is 65.2 Å². The molecule has 2 aromatic rings. The maximum atomic E-state index is 5.63. The summed E-state index contributed by atoms with van der Waals surface area (Å²) in [5.41, 5.74) is 3.84. The highest BCUT2D eigenvalue weighted by Crippen LogP contribution is 2.24. The molecular formula is C18H22O2. The van der Waals surface area contributed by atoms with Crippen LogP contribution in [-0.2, 0) is 17.6 Å². The number of benzene rings is 2. The van der Waals surface area contributed by atoms with Gasteiger partial charge < -0.3 is 9.47 Å². The van der Waals surface area contributed by atoms with Gasteiger partial charge in [0.2, 0.25) is 0 Å². The van der Waals surface area contributed by atoms with Crippen molar-refractivity contribution < 1.29 is 9.47 Å². The van der Waals surface area contributed by atoms with Crippen molar-refractivity contribution in [2.45, 2.75) is 25.9 Å². The van der Waals surface area contributed by atoms with E-state index in [0.29, 0.717) is 0 Å². The van der Waals surface area contributed by atoms with Crippen molar-refractivity contribution in [3.8, 4) is 5.75 Å². The molecule has 0 radical (unpaired) electrons. The van der Waals surface area contributed by atoms with E-state index in [9.17, 15) is 0 Å². The normalized spacial score (nSPS) is 12.2. The van der Waals surface area contributed by atoms with E-state index in [4.69, 9.17) is 9.47 Å². The smallest absolute Gasteiger partial charge is 0.118 e. The molecule has 0 N–H and O–H groups in total. The topological polar surface area (TPSA) is 18.5 Å². The number of rotatable bonds is 6. The zero-order valence-corrected chi connectivity index (χ0v) is 12.4. The molecule has 0 saturated heterocycles. The average molecular weight is 270 g/mol. The molecule has 0 spiro atoms. The minimum absolute atomic E-state index is 0.0772. The predicted octanol–water partition coefficient (Wildman–Crippen LogP) is 4.19. The van der Waals surface area contributed by atoms with E-state index in [0.717, 1.165) is 18.6 Å². The first-order chi connectivity index (χ1) is 9.76. The first-order valence-corrected chi connectivity index (χ1v) is 7.01. The minimum atomic E-state index is 0.0772. The molecule has 0 heterocycles. The maximum absolute atomic E-state index is 5.63. The molecule has 0 bridgehead atoms. The second kappa shape index (κ2) is 7.11. The number of ether oxygens (including phenoxy) is 2. The first-order valence-electron chi connectivity index (χ1n) is 7.01. The number of hydrogen-bond donors (Lipinski definition) is 0. The third-order valence-corrected chi connectivity index (χ3v) is 3.62. The van der Waals surface area contributed by atoms with Crippen LogP contribution in [-0.4, -0.2) is 14.2 Å². The third-order valence-electron chi connectivity index (χ3n) is 3.62. The minimum Gasteiger partial charge on any atom is -0.497 e. The lowest BCUT2D eigenvalue weighted by Gasteiger charge is -2.16. The molecular weight excluding hydrogens is 248 g/mol. The van der Waals surface area contributed by atoms with Crippen LogP contribution >= 0.6 is 0 Å². The molecule has 20 heavy (non-hydrogen) atoms. The van der Waals surface area contributed by atoms with E-state index in [1.165, 1.54) is 16.7 Å². The summed E-state index contributed by atoms with van der Waals surface area (Å²) in [4.78, 5) is 0. The van der Waals surface area contributed by atoms with Crippen molar-refractivity contribution in [1.82, 2.24) is 0 Å². The Kier molecular flexibility index (Phi) is 5.19. The summed E-state index contributed by atoms with van der Waals surface area (Å²) in [6.07, 6.45) is 2.03. The van der Waals surface area contributed by atoms with Gasteiger partial charge in [0, 0.05) is 13.5 Å². The molecule has 0 aliphatic rings. The first kappa shape index (κ1) is 14.6. The Labute approximate surface area is 121 Å². The molecule has 106 valence electrons. The molecule has 0 aromatic heterocycles. The summed E-state index contributed by atoms with van der Waals surface area (Å²) >= 11 is 0. The highest BCUT2D eigenvalue weighted by atomic mass is 16.5. The fourth-order valence-corrected chi connectivity index (χ4v) is 2.28. The Bertz CT molecular complexity index is 514. The van der Waals surface area contributed by atoms with E-state index < -0.39 is 0 Å². The van der Waals surface area contributed by atoms with E-state index in [-0.39, 0.29) is 6.10 Å². The lowest BCUT2D eigenvalue weighted by Crippen LogP contribution is -2.05. The average Bonchev–Trinajstić information content (AvgIpc) is 2.53. The molecule has 2 nitrogen and oxygen atoms in total. The number of methoxy groups -OCH3 is 2. The highest BCUT2D eigenvalue weighted by Gasteiger charge is 2.11. The van der Waals surface area contributed by atoms with Crippen LogP contribution in [0.5, 0.6) is 5.75 Å². The van der Waals surface area contributed by atoms with Crippen LogP contribution in [0.25, 0.3) is 0 Å². The van der Waals surface area contributed by atoms with Crippen LogP contribution in [0.3, 0.4) is 0 Å². The Morgan fingerprint density at radius 3 is 1.95 bits per heavy atom. The van der Waals surface area contributed by atoms with Gasteiger partial charge in [-0.3, -0.25) is 0 Å². The van der Waals surface area contributed by atoms with Crippen LogP contribution in [0.15, 0.2) is 48.5 Å². The summed E-state index contributed by atoms with van der Waals surface area (Å²) in [7, 11) is 3.44. The van der Waals surface area contributed by atoms with E-state index >= 15 is 0 Å². The molecule has 0 aliphatic carbocycles. The quantitative estimate of drug-likeness (QED) is 0.783. The number of aryl methyl sites for hydroxylation is 1. The predicted molar refractivity (Wildman–Crippen MR) is 82.3 cm³/mol. The van der Waals surface area contributed by atoms with Crippen LogP contribution < -0.4 is 4.74 Å². The van der Waals surface area contributed by atoms with Crippen LogP contribution in [0.4, 0.5) is 0 Å². The summed E-state index contributed by atoms with van der Waals surface area (Å²) < 4.78 is 10.8. The fraction of sp³-hybridized carbons (Fsp3) is 0.333. The van der Waals surface area contributed by atoms with Crippen LogP contribution in [0.2, 0.25) is 0 Å². The van der Waals surface area contributed by atoms with Crippen LogP contribution in [0, 0.1) is 0 Å². The zero-order chi connectivity index (χ0) is 14.4. The Hall–Kier alpha value is -1.80. The van der Waals surface area contributed by atoms with Gasteiger partial charge in [-0.1, -0.05) is 43.3 Å². The molecule has 2 rings (SSSR count). The van der Waals surface area contributed by atoms with Gasteiger partial charge in [-0.05, 0) is 35.2 Å². The van der Waals surface area contributed by atoms with Gasteiger partial charge >= 0.3 is 0 Å². The van der Waals surface area contributed by atoms with Gasteiger partial charge in [-0.15, -0.1) is 0 Å². The molecule has 0 amide bonds. The van der Waals surface area contributed by atoms with E-state index in [2.05, 4.69) is 43.3 Å². The lowest BCUT2D eigenvalue weighted by molar-refractivity contribution is 0.103. The van der Waals surface area contributed by atoms with Gasteiger partial charge in [0.05, 0.1) is 13.2 Å². The third kappa shape index (κ3) is 3.61. The molecule has 0 aliphatic heterocycles. The Morgan fingerprint density at radius 1 is 0.850 bits per heavy atom. The standard InChI is InChI=1S/C18H22O2/c1-4-14-5-7-15(8-6-14)13-18(20-3)16-9-11-17(19-2)12-10-16/h5-12,18H,4,13H2,1-3H3. The van der Waals surface area contributed by atoms with Gasteiger partial charge in [0.15, 0.2) is 0 Å².